The SMILES string of the molecule is C=CC(=O)Cc1cc(-c2nn(C3CCN(CC(=O)NCCCOCCOCCOCCCNC(=O)CC(C)(C)C)CC3)c3ncnc(N)c23)ccc1Oc1ccccc1. The number of carbonyl (C=O) groups excluding carboxylic acids is 3. The highest BCUT2D eigenvalue weighted by molar-refractivity contribution is 5.99. The number of aromatic nitrogens is 4. The molecule has 2 aromatic heterocycles. The van der Waals surface area contributed by atoms with Gasteiger partial charge in [0.25, 0.3) is 0 Å². The molecule has 2 aromatic carbocycles. The molecule has 4 aromatic rings. The number of hydrogen-bond donors (Lipinski definition) is 3. The van der Waals surface area contributed by atoms with E-state index in [0.717, 1.165) is 37.9 Å². The second kappa shape index (κ2) is 22.8. The Morgan fingerprint density at radius 1 is 0.881 bits per heavy atom. The first-order chi connectivity index (χ1) is 28.5. The summed E-state index contributed by atoms with van der Waals surface area (Å²) in [4.78, 5) is 48.1. The van der Waals surface area contributed by atoms with Crippen molar-refractivity contribution in [3.63, 3.8) is 0 Å². The zero-order chi connectivity index (χ0) is 42.0. The molecular weight excluding hydrogens is 753 g/mol. The van der Waals surface area contributed by atoms with E-state index in [1.165, 1.54) is 12.4 Å². The molecular formula is C44H60N8O7. The van der Waals surface area contributed by atoms with Crippen molar-refractivity contribution in [2.75, 3.05) is 78.1 Å². The van der Waals surface area contributed by atoms with Crippen LogP contribution in [0.2, 0.25) is 0 Å². The number of para-hydroxylation sites is 1. The maximum Gasteiger partial charge on any atom is 0.234 e. The lowest BCUT2D eigenvalue weighted by Crippen LogP contribution is -2.42. The highest BCUT2D eigenvalue weighted by atomic mass is 16.5. The first-order valence-corrected chi connectivity index (χ1v) is 20.5. The smallest absolute Gasteiger partial charge is 0.234 e. The van der Waals surface area contributed by atoms with Crippen molar-refractivity contribution >= 4 is 34.4 Å². The van der Waals surface area contributed by atoms with Crippen LogP contribution in [-0.4, -0.2) is 115 Å². The molecule has 5 rings (SSSR count). The van der Waals surface area contributed by atoms with Crippen molar-refractivity contribution in [1.82, 2.24) is 35.3 Å². The van der Waals surface area contributed by atoms with E-state index in [2.05, 4.69) is 32.1 Å². The van der Waals surface area contributed by atoms with Crippen LogP contribution in [0.15, 0.2) is 67.5 Å². The number of hydrogen-bond acceptors (Lipinski definition) is 12. The van der Waals surface area contributed by atoms with Gasteiger partial charge >= 0.3 is 0 Å². The number of fused-ring (bicyclic) bond motifs is 1. The fraction of sp³-hybridized carbons (Fsp3) is 0.500. The fourth-order valence-corrected chi connectivity index (χ4v) is 6.76. The van der Waals surface area contributed by atoms with Crippen LogP contribution in [-0.2, 0) is 35.0 Å². The van der Waals surface area contributed by atoms with E-state index >= 15 is 0 Å². The maximum atomic E-state index is 12.7. The Labute approximate surface area is 347 Å². The van der Waals surface area contributed by atoms with Gasteiger partial charge in [-0.05, 0) is 67.5 Å². The van der Waals surface area contributed by atoms with Crippen molar-refractivity contribution < 1.29 is 33.3 Å². The van der Waals surface area contributed by atoms with E-state index in [9.17, 15) is 14.4 Å². The summed E-state index contributed by atoms with van der Waals surface area (Å²) in [5, 5.41) is 11.6. The van der Waals surface area contributed by atoms with Crippen LogP contribution in [0.4, 0.5) is 5.82 Å². The molecule has 15 heteroatoms. The number of nitrogens with one attached hydrogen (secondary N) is 2. The van der Waals surface area contributed by atoms with Crippen LogP contribution in [0.5, 0.6) is 11.5 Å². The Kier molecular flexibility index (Phi) is 17.3. The predicted molar refractivity (Wildman–Crippen MR) is 227 cm³/mol. The van der Waals surface area contributed by atoms with Gasteiger partial charge in [-0.2, -0.15) is 5.10 Å². The summed E-state index contributed by atoms with van der Waals surface area (Å²) in [6, 6.07) is 15.1. The molecule has 0 bridgehead atoms. The molecule has 15 nitrogen and oxygen atoms in total. The lowest BCUT2D eigenvalue weighted by molar-refractivity contribution is -0.123. The molecule has 0 unspecified atom stereocenters. The van der Waals surface area contributed by atoms with Gasteiger partial charge in [0.15, 0.2) is 11.4 Å². The minimum atomic E-state index is -0.132. The molecule has 1 aliphatic rings. The molecule has 1 aliphatic heterocycles. The van der Waals surface area contributed by atoms with Crippen molar-refractivity contribution in [2.45, 2.75) is 65.3 Å². The van der Waals surface area contributed by atoms with Crippen molar-refractivity contribution in [3.05, 3.63) is 73.1 Å². The van der Waals surface area contributed by atoms with Gasteiger partial charge in [0.1, 0.15) is 29.3 Å². The quantitative estimate of drug-likeness (QED) is 0.0614. The van der Waals surface area contributed by atoms with Crippen molar-refractivity contribution in [3.8, 4) is 22.8 Å². The lowest BCUT2D eigenvalue weighted by Gasteiger charge is -2.31. The largest absolute Gasteiger partial charge is 0.457 e. The number of likely N-dealkylation sites (tertiary alicyclic amines) is 1. The third kappa shape index (κ3) is 14.5. The standard InChI is InChI=1S/C44H60N8O7/c1-5-35(53)28-33-27-32(13-14-37(33)59-36-11-7-6-8-12-36)41-40-42(45)48-31-49-43(40)52(50-41)34-15-19-51(20-16-34)30-39(55)47-18-10-22-57-24-26-58-25-23-56-21-9-17-46-38(54)29-44(2,3)4/h5-8,11-14,27,31,34H,1,9-10,15-26,28-30H2,2-4H3,(H,46,54)(H,47,55)(H2,45,48,49). The number of piperidine rings is 1. The topological polar surface area (TPSA) is 185 Å². The Morgan fingerprint density at radius 2 is 1.53 bits per heavy atom. The molecule has 1 saturated heterocycles. The summed E-state index contributed by atoms with van der Waals surface area (Å²) in [5.74, 6) is 1.47. The molecule has 0 spiro atoms. The maximum absolute atomic E-state index is 12.7. The first kappa shape index (κ1) is 44.9. The molecule has 1 fully saturated rings. The third-order valence-electron chi connectivity index (χ3n) is 9.70. The van der Waals surface area contributed by atoms with Crippen LogP contribution < -0.4 is 21.1 Å². The zero-order valence-electron chi connectivity index (χ0n) is 34.7. The number of rotatable bonds is 24. The minimum Gasteiger partial charge on any atom is -0.457 e. The average Bonchev–Trinajstić information content (AvgIpc) is 3.61. The van der Waals surface area contributed by atoms with Gasteiger partial charge in [-0.3, -0.25) is 19.3 Å². The van der Waals surface area contributed by atoms with E-state index in [4.69, 9.17) is 29.8 Å². The molecule has 318 valence electrons. The van der Waals surface area contributed by atoms with E-state index in [-0.39, 0.29) is 35.5 Å². The molecule has 4 N–H and O–H groups in total. The molecule has 0 aliphatic carbocycles. The summed E-state index contributed by atoms with van der Waals surface area (Å²) in [7, 11) is 0. The molecule has 3 heterocycles. The number of ether oxygens (including phenoxy) is 4. The van der Waals surface area contributed by atoms with Gasteiger partial charge < -0.3 is 35.3 Å². The number of benzene rings is 2. The van der Waals surface area contributed by atoms with Crippen LogP contribution in [0, 0.1) is 5.41 Å². The van der Waals surface area contributed by atoms with Crippen molar-refractivity contribution in [2.24, 2.45) is 5.41 Å². The highest BCUT2D eigenvalue weighted by Crippen LogP contribution is 2.37. The number of ketones is 1. The zero-order valence-corrected chi connectivity index (χ0v) is 34.7. The Balaban J connectivity index is 1.00. The summed E-state index contributed by atoms with van der Waals surface area (Å²) in [5.41, 5.74) is 9.15. The Morgan fingerprint density at radius 3 is 2.17 bits per heavy atom. The third-order valence-corrected chi connectivity index (χ3v) is 9.70. The number of nitrogens with two attached hydrogens (primary N) is 1. The predicted octanol–water partition coefficient (Wildman–Crippen LogP) is 5.30. The number of nitrogen functional groups attached to an aromatic ring is 1. The second-order valence-corrected chi connectivity index (χ2v) is 15.8. The van der Waals surface area contributed by atoms with E-state index in [1.807, 2.05) is 74.0 Å². The lowest BCUT2D eigenvalue weighted by atomic mass is 9.92. The summed E-state index contributed by atoms with van der Waals surface area (Å²) < 4.78 is 24.8. The normalized spacial score (nSPS) is 13.7. The number of amides is 2. The molecule has 0 atom stereocenters. The highest BCUT2D eigenvalue weighted by Gasteiger charge is 2.27. The van der Waals surface area contributed by atoms with Gasteiger partial charge in [-0.15, -0.1) is 0 Å². The van der Waals surface area contributed by atoms with Gasteiger partial charge in [0.05, 0.1) is 44.4 Å². The number of allylic oxidation sites excluding steroid dienone is 1. The molecule has 0 saturated carbocycles. The van der Waals surface area contributed by atoms with E-state index in [0.29, 0.717) is 112 Å². The second-order valence-electron chi connectivity index (χ2n) is 15.8. The van der Waals surface area contributed by atoms with Crippen LogP contribution in [0.3, 0.4) is 0 Å². The fourth-order valence-electron chi connectivity index (χ4n) is 6.76. The monoisotopic (exact) mass is 812 g/mol. The van der Waals surface area contributed by atoms with E-state index in [1.54, 1.807) is 0 Å². The van der Waals surface area contributed by atoms with Gasteiger partial charge in [0, 0.05) is 63.4 Å². The van der Waals surface area contributed by atoms with Gasteiger partial charge in [-0.1, -0.05) is 45.5 Å². The Hall–Kier alpha value is -5.22. The van der Waals surface area contributed by atoms with Crippen LogP contribution >= 0.6 is 0 Å². The molecule has 2 amide bonds. The Bertz CT molecular complexity index is 1970. The van der Waals surface area contributed by atoms with Crippen molar-refractivity contribution in [1.29, 1.82) is 0 Å². The minimum absolute atomic E-state index is 0.0143. The van der Waals surface area contributed by atoms with Crippen LogP contribution in [0.1, 0.15) is 64.5 Å². The summed E-state index contributed by atoms with van der Waals surface area (Å²) >= 11 is 0. The van der Waals surface area contributed by atoms with Gasteiger partial charge in [0.2, 0.25) is 11.8 Å². The molecule has 0 radical (unpaired) electrons. The van der Waals surface area contributed by atoms with E-state index < -0.39 is 0 Å². The van der Waals surface area contributed by atoms with Gasteiger partial charge in [-0.25, -0.2) is 14.6 Å². The first-order valence-electron chi connectivity index (χ1n) is 20.5. The average molecular weight is 813 g/mol. The number of nitrogens with zero attached hydrogens (tertiary/aromatic N) is 5. The summed E-state index contributed by atoms with van der Waals surface area (Å²) in [6.07, 6.45) is 6.40. The number of anilines is 1. The molecule has 59 heavy (non-hydrogen) atoms. The summed E-state index contributed by atoms with van der Waals surface area (Å²) in [6.45, 7) is 15.7. The number of carbonyl (C=O) groups is 3. The van der Waals surface area contributed by atoms with Crippen LogP contribution in [0.25, 0.3) is 22.3 Å².